The first kappa shape index (κ1) is 27.5. The molecule has 0 spiro atoms. The van der Waals surface area contributed by atoms with Crippen LogP contribution in [0.2, 0.25) is 0 Å². The summed E-state index contributed by atoms with van der Waals surface area (Å²) in [5.41, 5.74) is 4.80. The number of likely N-dealkylation sites (N-methyl/N-ethyl adjacent to an activating group) is 2. The smallest absolute Gasteiger partial charge is 0.318 e. The van der Waals surface area contributed by atoms with Crippen LogP contribution >= 0.6 is 0 Å². The van der Waals surface area contributed by atoms with E-state index in [4.69, 9.17) is 9.47 Å². The Kier molecular flexibility index (Phi) is 8.36. The summed E-state index contributed by atoms with van der Waals surface area (Å²) in [6.45, 7) is 5.18. The van der Waals surface area contributed by atoms with Gasteiger partial charge in [0.1, 0.15) is 11.6 Å². The van der Waals surface area contributed by atoms with Crippen molar-refractivity contribution in [2.75, 3.05) is 64.0 Å². The Balaban J connectivity index is 1.77. The van der Waals surface area contributed by atoms with Crippen LogP contribution in [0.4, 0.5) is 22.9 Å². The molecule has 0 bridgehead atoms. The van der Waals surface area contributed by atoms with Gasteiger partial charge in [0.15, 0.2) is 0 Å². The fraction of sp³-hybridized carbons (Fsp3) is 0.276. The summed E-state index contributed by atoms with van der Waals surface area (Å²) in [6, 6.07) is 14.0. The number of hydrogen-bond acceptors (Lipinski definition) is 8. The van der Waals surface area contributed by atoms with Crippen molar-refractivity contribution >= 4 is 39.7 Å². The molecule has 0 atom stereocenters. The summed E-state index contributed by atoms with van der Waals surface area (Å²) in [7, 11) is 11.2. The van der Waals surface area contributed by atoms with Crippen molar-refractivity contribution in [2.45, 2.75) is 0 Å². The minimum absolute atomic E-state index is 0.224. The van der Waals surface area contributed by atoms with Crippen LogP contribution in [0.1, 0.15) is 0 Å². The van der Waals surface area contributed by atoms with Crippen molar-refractivity contribution in [3.8, 4) is 23.0 Å². The van der Waals surface area contributed by atoms with Gasteiger partial charge in [-0.1, -0.05) is 24.8 Å². The number of hydrogen-bond donors (Lipinski definition) is 2. The van der Waals surface area contributed by atoms with Crippen molar-refractivity contribution < 1.29 is 14.3 Å². The van der Waals surface area contributed by atoms with Gasteiger partial charge in [0, 0.05) is 62.0 Å². The number of benzene rings is 2. The SMILES string of the molecule is C=CC(=O)Nc1cc(Nc2cc(-c3cn(C)c4ccccc34)nc(OC)n2)c(OC)cc1N(C)CCN(C)C. The third-order valence-corrected chi connectivity index (χ3v) is 6.38. The molecule has 0 unspecified atom stereocenters. The average molecular weight is 530 g/mol. The van der Waals surface area contributed by atoms with Crippen molar-refractivity contribution in [2.24, 2.45) is 7.05 Å². The van der Waals surface area contributed by atoms with Crippen molar-refractivity contribution in [1.82, 2.24) is 19.4 Å². The fourth-order valence-electron chi connectivity index (χ4n) is 4.31. The van der Waals surface area contributed by atoms with Gasteiger partial charge in [-0.15, -0.1) is 0 Å². The van der Waals surface area contributed by atoms with Crippen LogP contribution in [-0.4, -0.2) is 73.8 Å². The highest BCUT2D eigenvalue weighted by atomic mass is 16.5. The Morgan fingerprint density at radius 3 is 2.51 bits per heavy atom. The van der Waals surface area contributed by atoms with Gasteiger partial charge < -0.3 is 34.5 Å². The monoisotopic (exact) mass is 529 g/mol. The molecule has 10 heteroatoms. The van der Waals surface area contributed by atoms with E-state index in [0.29, 0.717) is 28.6 Å². The molecule has 0 aliphatic carbocycles. The van der Waals surface area contributed by atoms with Gasteiger partial charge in [-0.2, -0.15) is 9.97 Å². The third-order valence-electron chi connectivity index (χ3n) is 6.38. The summed E-state index contributed by atoms with van der Waals surface area (Å²) >= 11 is 0. The molecule has 2 heterocycles. The minimum Gasteiger partial charge on any atom is -0.494 e. The molecule has 204 valence electrons. The zero-order valence-electron chi connectivity index (χ0n) is 23.3. The van der Waals surface area contributed by atoms with Crippen LogP contribution < -0.4 is 25.0 Å². The van der Waals surface area contributed by atoms with Crippen LogP contribution in [0.25, 0.3) is 22.2 Å². The number of methoxy groups -OCH3 is 2. The maximum Gasteiger partial charge on any atom is 0.318 e. The first-order valence-corrected chi connectivity index (χ1v) is 12.5. The second-order valence-corrected chi connectivity index (χ2v) is 9.41. The molecule has 2 aromatic carbocycles. The van der Waals surface area contributed by atoms with E-state index in [2.05, 4.69) is 53.7 Å². The molecule has 1 amide bonds. The van der Waals surface area contributed by atoms with E-state index in [1.807, 2.05) is 64.7 Å². The maximum atomic E-state index is 12.3. The molecule has 2 aromatic heterocycles. The highest BCUT2D eigenvalue weighted by Crippen LogP contribution is 2.39. The average Bonchev–Trinajstić information content (AvgIpc) is 3.28. The number of aromatic nitrogens is 3. The van der Waals surface area contributed by atoms with Gasteiger partial charge in [-0.05, 0) is 32.3 Å². The standard InChI is InChI=1S/C29H35N7O3/c1-8-28(37)31-22-15-23(26(38-6)17-25(22)35(4)14-13-34(2)3)30-27-16-21(32-29(33-27)39-7)20-18-36(5)24-12-10-9-11-19(20)24/h8-12,15-18H,1,13-14H2,2-7H3,(H,31,37)(H,30,32,33). The lowest BCUT2D eigenvalue weighted by molar-refractivity contribution is -0.111. The molecule has 4 aromatic rings. The van der Waals surface area contributed by atoms with E-state index in [1.165, 1.54) is 13.2 Å². The zero-order chi connectivity index (χ0) is 28.1. The van der Waals surface area contributed by atoms with Crippen molar-refractivity contribution in [3.05, 3.63) is 61.3 Å². The number of nitrogens with zero attached hydrogens (tertiary/aromatic N) is 5. The predicted octanol–water partition coefficient (Wildman–Crippen LogP) is 4.52. The molecule has 2 N–H and O–H groups in total. The number of nitrogens with one attached hydrogen (secondary N) is 2. The summed E-state index contributed by atoms with van der Waals surface area (Å²) in [5, 5.41) is 7.34. The first-order valence-electron chi connectivity index (χ1n) is 12.5. The Hall–Kier alpha value is -4.57. The summed E-state index contributed by atoms with van der Waals surface area (Å²) < 4.78 is 13.2. The van der Waals surface area contributed by atoms with Crippen LogP contribution in [-0.2, 0) is 11.8 Å². The molecule has 0 fully saturated rings. The Bertz CT molecular complexity index is 1500. The maximum absolute atomic E-state index is 12.3. The number of amides is 1. The zero-order valence-corrected chi connectivity index (χ0v) is 23.3. The molecule has 0 saturated carbocycles. The number of aryl methyl sites for hydroxylation is 1. The number of anilines is 4. The van der Waals surface area contributed by atoms with Gasteiger partial charge >= 0.3 is 6.01 Å². The van der Waals surface area contributed by atoms with Crippen molar-refractivity contribution in [1.29, 1.82) is 0 Å². The quantitative estimate of drug-likeness (QED) is 0.274. The molecule has 0 radical (unpaired) electrons. The third kappa shape index (κ3) is 6.12. The minimum atomic E-state index is -0.310. The molecule has 0 aliphatic rings. The van der Waals surface area contributed by atoms with Crippen LogP contribution in [0.15, 0.2) is 61.3 Å². The fourth-order valence-corrected chi connectivity index (χ4v) is 4.31. The summed E-state index contributed by atoms with van der Waals surface area (Å²) in [4.78, 5) is 25.6. The lowest BCUT2D eigenvalue weighted by atomic mass is 10.1. The van der Waals surface area contributed by atoms with Gasteiger partial charge in [0.25, 0.3) is 0 Å². The molecule has 4 rings (SSSR count). The number of ether oxygens (including phenoxy) is 2. The van der Waals surface area contributed by atoms with E-state index >= 15 is 0 Å². The highest BCUT2D eigenvalue weighted by molar-refractivity contribution is 6.02. The van der Waals surface area contributed by atoms with E-state index in [9.17, 15) is 4.79 Å². The number of carbonyl (C=O) groups excluding carboxylic acids is 1. The van der Waals surface area contributed by atoms with E-state index in [-0.39, 0.29) is 11.9 Å². The molecular formula is C29H35N7O3. The second-order valence-electron chi connectivity index (χ2n) is 9.41. The van der Waals surface area contributed by atoms with Gasteiger partial charge in [0.2, 0.25) is 5.91 Å². The topological polar surface area (TPSA) is 96.8 Å². The lowest BCUT2D eigenvalue weighted by Crippen LogP contribution is -2.29. The predicted molar refractivity (Wildman–Crippen MR) is 157 cm³/mol. The molecular weight excluding hydrogens is 494 g/mol. The first-order chi connectivity index (χ1) is 18.7. The number of para-hydroxylation sites is 1. The van der Waals surface area contributed by atoms with E-state index in [0.717, 1.165) is 35.2 Å². The van der Waals surface area contributed by atoms with Crippen molar-refractivity contribution in [3.63, 3.8) is 0 Å². The van der Waals surface area contributed by atoms with Gasteiger partial charge in [-0.25, -0.2) is 0 Å². The van der Waals surface area contributed by atoms with Crippen LogP contribution in [0, 0.1) is 0 Å². The van der Waals surface area contributed by atoms with E-state index in [1.54, 1.807) is 7.11 Å². The number of rotatable bonds is 11. The molecule has 0 aliphatic heterocycles. The van der Waals surface area contributed by atoms with Crippen LogP contribution in [0.3, 0.4) is 0 Å². The lowest BCUT2D eigenvalue weighted by Gasteiger charge is -2.26. The Morgan fingerprint density at radius 1 is 1.05 bits per heavy atom. The largest absolute Gasteiger partial charge is 0.494 e. The number of carbonyl (C=O) groups is 1. The molecule has 0 saturated heterocycles. The summed E-state index contributed by atoms with van der Waals surface area (Å²) in [6.07, 6.45) is 3.28. The molecule has 10 nitrogen and oxygen atoms in total. The van der Waals surface area contributed by atoms with Gasteiger partial charge in [0.05, 0.1) is 37.0 Å². The Labute approximate surface area is 228 Å². The summed E-state index contributed by atoms with van der Waals surface area (Å²) in [5.74, 6) is 0.788. The van der Waals surface area contributed by atoms with Crippen LogP contribution in [0.5, 0.6) is 11.8 Å². The van der Waals surface area contributed by atoms with Gasteiger partial charge in [-0.3, -0.25) is 4.79 Å². The highest BCUT2D eigenvalue weighted by Gasteiger charge is 2.18. The number of fused-ring (bicyclic) bond motifs is 1. The second kappa shape index (κ2) is 11.9. The normalized spacial score (nSPS) is 10.9. The Morgan fingerprint density at radius 2 is 1.82 bits per heavy atom. The molecule has 39 heavy (non-hydrogen) atoms. The van der Waals surface area contributed by atoms with E-state index < -0.39 is 0 Å².